The lowest BCUT2D eigenvalue weighted by Crippen LogP contribution is -3.00. The van der Waals surface area contributed by atoms with E-state index in [1.54, 1.807) is 0 Å². The number of nitrogens with zero attached hydrogens (tertiary/aromatic N) is 1. The molecular formula is C14H22INO3. The normalized spacial score (nSPS) is 10.7. The minimum absolute atomic E-state index is 0. The number of quaternary nitrogens is 1. The smallest absolute Gasteiger partial charge is 0.332 e. The Balaban J connectivity index is 0.00000324. The quantitative estimate of drug-likeness (QED) is 0.327. The van der Waals surface area contributed by atoms with Crippen molar-refractivity contribution in [3.05, 3.63) is 35.9 Å². The summed E-state index contributed by atoms with van der Waals surface area (Å²) in [7, 11) is 6.17. The van der Waals surface area contributed by atoms with E-state index in [2.05, 4.69) is 21.1 Å². The molecule has 1 aromatic carbocycles. The van der Waals surface area contributed by atoms with Gasteiger partial charge < -0.3 is 37.9 Å². The fraction of sp³-hybridized carbons (Fsp3) is 0.500. The Hall–Kier alpha value is -0.660. The third kappa shape index (κ3) is 9.86. The number of halogens is 1. The van der Waals surface area contributed by atoms with Gasteiger partial charge in [0.25, 0.3) is 0 Å². The number of ether oxygens (including phenoxy) is 2. The molecule has 1 rings (SSSR count). The molecule has 0 aromatic heterocycles. The third-order valence-electron chi connectivity index (χ3n) is 2.36. The predicted octanol–water partition coefficient (Wildman–Crippen LogP) is -1.54. The summed E-state index contributed by atoms with van der Waals surface area (Å²) in [4.78, 5) is 11.4. The molecule has 0 heterocycles. The van der Waals surface area contributed by atoms with Gasteiger partial charge in [0, 0.05) is 0 Å². The van der Waals surface area contributed by atoms with E-state index >= 15 is 0 Å². The number of hydrogen-bond acceptors (Lipinski definition) is 3. The fourth-order valence-corrected chi connectivity index (χ4v) is 1.30. The molecule has 0 spiro atoms. The van der Waals surface area contributed by atoms with E-state index in [-0.39, 0.29) is 36.6 Å². The second-order valence-corrected chi connectivity index (χ2v) is 5.21. The summed E-state index contributed by atoms with van der Waals surface area (Å²) in [5.41, 5.74) is 1.05. The molecule has 0 saturated heterocycles. The van der Waals surface area contributed by atoms with Crippen molar-refractivity contribution in [1.29, 1.82) is 0 Å². The molecule has 0 radical (unpaired) electrons. The summed E-state index contributed by atoms with van der Waals surface area (Å²) < 4.78 is 11.1. The van der Waals surface area contributed by atoms with Crippen molar-refractivity contribution >= 4 is 5.97 Å². The largest absolute Gasteiger partial charge is 1.00 e. The van der Waals surface area contributed by atoms with Crippen LogP contribution in [0.15, 0.2) is 30.3 Å². The first-order valence-corrected chi connectivity index (χ1v) is 6.05. The van der Waals surface area contributed by atoms with Gasteiger partial charge in [0.2, 0.25) is 0 Å². The van der Waals surface area contributed by atoms with Crippen LogP contribution in [0.5, 0.6) is 0 Å². The highest BCUT2D eigenvalue weighted by Crippen LogP contribution is 2.00. The molecule has 0 amide bonds. The van der Waals surface area contributed by atoms with Crippen molar-refractivity contribution in [2.24, 2.45) is 0 Å². The Morgan fingerprint density at radius 3 is 2.37 bits per heavy atom. The van der Waals surface area contributed by atoms with Crippen LogP contribution >= 0.6 is 0 Å². The van der Waals surface area contributed by atoms with Crippen LogP contribution in [0.2, 0.25) is 0 Å². The van der Waals surface area contributed by atoms with Gasteiger partial charge in [-0.05, 0) is 5.56 Å². The molecule has 0 unspecified atom stereocenters. The Morgan fingerprint density at radius 2 is 1.79 bits per heavy atom. The molecule has 1 aromatic rings. The van der Waals surface area contributed by atoms with Gasteiger partial charge in [-0.25, -0.2) is 4.79 Å². The monoisotopic (exact) mass is 379 g/mol. The third-order valence-corrected chi connectivity index (χ3v) is 2.36. The van der Waals surface area contributed by atoms with Gasteiger partial charge in [-0.3, -0.25) is 0 Å². The number of rotatable bonds is 7. The van der Waals surface area contributed by atoms with Gasteiger partial charge >= 0.3 is 5.97 Å². The minimum Gasteiger partial charge on any atom is -1.00 e. The highest BCUT2D eigenvalue weighted by molar-refractivity contribution is 5.70. The summed E-state index contributed by atoms with van der Waals surface area (Å²) in [5, 5.41) is 0. The van der Waals surface area contributed by atoms with Crippen LogP contribution in [-0.4, -0.2) is 51.4 Å². The number of likely N-dealkylation sites (N-methyl/N-ethyl adjacent to an activating group) is 1. The summed E-state index contributed by atoms with van der Waals surface area (Å²) >= 11 is 0. The number of esters is 1. The zero-order valence-electron chi connectivity index (χ0n) is 11.8. The van der Waals surface area contributed by atoms with E-state index in [0.29, 0.717) is 13.2 Å². The van der Waals surface area contributed by atoms with Gasteiger partial charge in [0.15, 0.2) is 0 Å². The standard InChI is InChI=1S/C14H22NO3.HI/c1-15(2,3)9-10-18-14(16)12-17-11-13-7-5-4-6-8-13;/h4-8H,9-12H2,1-3H3;1H/q+1;/p-1. The summed E-state index contributed by atoms with van der Waals surface area (Å²) in [6.45, 7) is 1.67. The fourth-order valence-electron chi connectivity index (χ4n) is 1.30. The van der Waals surface area contributed by atoms with Gasteiger partial charge in [0.1, 0.15) is 19.8 Å². The topological polar surface area (TPSA) is 35.5 Å². The highest BCUT2D eigenvalue weighted by atomic mass is 127. The summed E-state index contributed by atoms with van der Waals surface area (Å²) in [5.74, 6) is -0.306. The van der Waals surface area contributed by atoms with Crippen molar-refractivity contribution in [3.8, 4) is 0 Å². The molecule has 0 aliphatic carbocycles. The Bertz CT molecular complexity index is 363. The number of carbonyl (C=O) groups is 1. The summed E-state index contributed by atoms with van der Waals surface area (Å²) in [6, 6.07) is 9.75. The van der Waals surface area contributed by atoms with Gasteiger partial charge in [-0.2, -0.15) is 0 Å². The average Bonchev–Trinajstić information content (AvgIpc) is 2.28. The maximum Gasteiger partial charge on any atom is 0.332 e. The number of benzene rings is 1. The van der Waals surface area contributed by atoms with Crippen LogP contribution in [0.3, 0.4) is 0 Å². The number of carbonyl (C=O) groups excluding carboxylic acids is 1. The Morgan fingerprint density at radius 1 is 1.16 bits per heavy atom. The molecule has 0 N–H and O–H groups in total. The van der Waals surface area contributed by atoms with Gasteiger partial charge in [0.05, 0.1) is 27.7 Å². The highest BCUT2D eigenvalue weighted by Gasteiger charge is 2.09. The predicted molar refractivity (Wildman–Crippen MR) is 70.0 cm³/mol. The first kappa shape index (κ1) is 18.3. The van der Waals surface area contributed by atoms with Crippen LogP contribution in [0, 0.1) is 0 Å². The maximum absolute atomic E-state index is 11.4. The SMILES string of the molecule is C[N+](C)(C)CCOC(=O)COCc1ccccc1.[I-]. The first-order chi connectivity index (χ1) is 8.47. The van der Waals surface area contributed by atoms with Crippen LogP contribution in [0.1, 0.15) is 5.56 Å². The zero-order chi connectivity index (χ0) is 13.4. The Kier molecular flexibility index (Phi) is 8.95. The van der Waals surface area contributed by atoms with Gasteiger partial charge in [-0.15, -0.1) is 0 Å². The lowest BCUT2D eigenvalue weighted by atomic mass is 10.2. The minimum atomic E-state index is -0.306. The lowest BCUT2D eigenvalue weighted by molar-refractivity contribution is -0.870. The van der Waals surface area contributed by atoms with E-state index in [1.807, 2.05) is 30.3 Å². The second kappa shape index (κ2) is 9.28. The molecular weight excluding hydrogens is 357 g/mol. The molecule has 0 aliphatic heterocycles. The first-order valence-electron chi connectivity index (χ1n) is 6.05. The molecule has 0 fully saturated rings. The Labute approximate surface area is 132 Å². The van der Waals surface area contributed by atoms with E-state index in [0.717, 1.165) is 16.6 Å². The average molecular weight is 379 g/mol. The molecule has 0 saturated carbocycles. The van der Waals surface area contributed by atoms with Crippen molar-refractivity contribution in [2.45, 2.75) is 6.61 Å². The molecule has 0 atom stereocenters. The van der Waals surface area contributed by atoms with Gasteiger partial charge in [-0.1, -0.05) is 30.3 Å². The van der Waals surface area contributed by atoms with Crippen molar-refractivity contribution in [1.82, 2.24) is 0 Å². The van der Waals surface area contributed by atoms with Crippen molar-refractivity contribution in [3.63, 3.8) is 0 Å². The number of hydrogen-bond donors (Lipinski definition) is 0. The molecule has 4 nitrogen and oxygen atoms in total. The van der Waals surface area contributed by atoms with E-state index in [4.69, 9.17) is 9.47 Å². The van der Waals surface area contributed by atoms with Crippen molar-refractivity contribution < 1.29 is 42.7 Å². The zero-order valence-corrected chi connectivity index (χ0v) is 13.9. The molecule has 19 heavy (non-hydrogen) atoms. The van der Waals surface area contributed by atoms with Crippen LogP contribution in [0.25, 0.3) is 0 Å². The van der Waals surface area contributed by atoms with Crippen LogP contribution < -0.4 is 24.0 Å². The maximum atomic E-state index is 11.4. The molecule has 108 valence electrons. The summed E-state index contributed by atoms with van der Waals surface area (Å²) in [6.07, 6.45) is 0. The lowest BCUT2D eigenvalue weighted by Gasteiger charge is -2.23. The second-order valence-electron chi connectivity index (χ2n) is 5.21. The molecule has 5 heteroatoms. The van der Waals surface area contributed by atoms with Crippen LogP contribution in [-0.2, 0) is 20.9 Å². The molecule has 0 bridgehead atoms. The van der Waals surface area contributed by atoms with Crippen molar-refractivity contribution in [2.75, 3.05) is 40.9 Å². The van der Waals surface area contributed by atoms with E-state index < -0.39 is 0 Å². The van der Waals surface area contributed by atoms with Crippen LogP contribution in [0.4, 0.5) is 0 Å². The van der Waals surface area contributed by atoms with E-state index in [9.17, 15) is 4.79 Å². The van der Waals surface area contributed by atoms with E-state index in [1.165, 1.54) is 0 Å². The molecule has 0 aliphatic rings.